The van der Waals surface area contributed by atoms with Gasteiger partial charge in [0, 0.05) is 11.6 Å². The molecule has 0 aliphatic heterocycles. The van der Waals surface area contributed by atoms with Crippen molar-refractivity contribution in [3.05, 3.63) is 69.8 Å². The standard InChI is InChI=1S/C17H19N3O3/c1-2-6-14(12-7-4-3-5-8-12)19-15-10-9-13(17(18)21)11-16(15)20(22)23/h3-5,7-11,14,19H,2,6H2,1H3,(H2,18,21). The minimum Gasteiger partial charge on any atom is -0.373 e. The number of benzene rings is 2. The van der Waals surface area contributed by atoms with Gasteiger partial charge in [-0.15, -0.1) is 0 Å². The lowest BCUT2D eigenvalue weighted by Gasteiger charge is -2.20. The summed E-state index contributed by atoms with van der Waals surface area (Å²) in [6.07, 6.45) is 1.76. The van der Waals surface area contributed by atoms with Gasteiger partial charge in [0.2, 0.25) is 5.91 Å². The number of nitro groups is 1. The van der Waals surface area contributed by atoms with Crippen LogP contribution in [0.1, 0.15) is 41.7 Å². The van der Waals surface area contributed by atoms with Gasteiger partial charge in [0.25, 0.3) is 5.69 Å². The Balaban J connectivity index is 2.36. The SMILES string of the molecule is CCCC(Nc1ccc(C(N)=O)cc1[N+](=O)[O-])c1ccccc1. The number of nitrogens with one attached hydrogen (secondary N) is 1. The van der Waals surface area contributed by atoms with Gasteiger partial charge in [-0.2, -0.15) is 0 Å². The van der Waals surface area contributed by atoms with Crippen LogP contribution in [0.2, 0.25) is 0 Å². The van der Waals surface area contributed by atoms with Crippen molar-refractivity contribution in [2.75, 3.05) is 5.32 Å². The number of amides is 1. The first kappa shape index (κ1) is 16.5. The molecule has 0 bridgehead atoms. The summed E-state index contributed by atoms with van der Waals surface area (Å²) in [5, 5.41) is 14.5. The van der Waals surface area contributed by atoms with Crippen molar-refractivity contribution in [2.45, 2.75) is 25.8 Å². The van der Waals surface area contributed by atoms with Gasteiger partial charge < -0.3 is 11.1 Å². The van der Waals surface area contributed by atoms with Crippen LogP contribution in [0.5, 0.6) is 0 Å². The van der Waals surface area contributed by atoms with Crippen molar-refractivity contribution in [1.29, 1.82) is 0 Å². The largest absolute Gasteiger partial charge is 0.373 e. The molecular formula is C17H19N3O3. The number of anilines is 1. The van der Waals surface area contributed by atoms with E-state index in [-0.39, 0.29) is 17.3 Å². The minimum absolute atomic E-state index is 0.0423. The second-order valence-electron chi connectivity index (χ2n) is 5.25. The summed E-state index contributed by atoms with van der Waals surface area (Å²) in [5.74, 6) is -0.687. The summed E-state index contributed by atoms with van der Waals surface area (Å²) in [6.45, 7) is 2.06. The van der Waals surface area contributed by atoms with Crippen LogP contribution in [-0.4, -0.2) is 10.8 Å². The molecule has 3 N–H and O–H groups in total. The molecule has 0 radical (unpaired) electrons. The van der Waals surface area contributed by atoms with Crippen molar-refractivity contribution >= 4 is 17.3 Å². The molecule has 2 rings (SSSR count). The average Bonchev–Trinajstić information content (AvgIpc) is 2.55. The number of rotatable bonds is 7. The topological polar surface area (TPSA) is 98.3 Å². The molecule has 0 aliphatic carbocycles. The van der Waals surface area contributed by atoms with E-state index in [4.69, 9.17) is 5.73 Å². The number of primary amides is 1. The normalized spacial score (nSPS) is 11.7. The molecule has 0 saturated carbocycles. The van der Waals surface area contributed by atoms with Gasteiger partial charge in [0.15, 0.2) is 0 Å². The van der Waals surface area contributed by atoms with Crippen LogP contribution in [0.25, 0.3) is 0 Å². The zero-order valence-electron chi connectivity index (χ0n) is 12.9. The fourth-order valence-corrected chi connectivity index (χ4v) is 2.44. The van der Waals surface area contributed by atoms with Gasteiger partial charge in [-0.3, -0.25) is 14.9 Å². The van der Waals surface area contributed by atoms with E-state index >= 15 is 0 Å². The molecule has 1 amide bonds. The predicted octanol–water partition coefficient (Wildman–Crippen LogP) is 3.65. The fourth-order valence-electron chi connectivity index (χ4n) is 2.44. The maximum Gasteiger partial charge on any atom is 0.293 e. The first-order valence-corrected chi connectivity index (χ1v) is 7.42. The molecule has 0 aliphatic rings. The van der Waals surface area contributed by atoms with E-state index in [2.05, 4.69) is 12.2 Å². The first-order chi connectivity index (χ1) is 11.0. The third-order valence-electron chi connectivity index (χ3n) is 3.59. The smallest absolute Gasteiger partial charge is 0.293 e. The van der Waals surface area contributed by atoms with E-state index in [0.717, 1.165) is 18.4 Å². The zero-order valence-corrected chi connectivity index (χ0v) is 12.9. The lowest BCUT2D eigenvalue weighted by atomic mass is 10.0. The summed E-state index contributed by atoms with van der Waals surface area (Å²) in [4.78, 5) is 22.0. The highest BCUT2D eigenvalue weighted by Crippen LogP contribution is 2.31. The lowest BCUT2D eigenvalue weighted by Crippen LogP contribution is -2.14. The van der Waals surface area contributed by atoms with Crippen molar-refractivity contribution in [3.8, 4) is 0 Å². The van der Waals surface area contributed by atoms with Crippen LogP contribution in [0.3, 0.4) is 0 Å². The molecule has 0 aromatic heterocycles. The number of nitrogens with zero attached hydrogens (tertiary/aromatic N) is 1. The Bertz CT molecular complexity index is 701. The summed E-state index contributed by atoms with van der Waals surface area (Å²) < 4.78 is 0. The number of nitro benzene ring substituents is 1. The zero-order chi connectivity index (χ0) is 16.8. The van der Waals surface area contributed by atoms with Crippen LogP contribution in [-0.2, 0) is 0 Å². The predicted molar refractivity (Wildman–Crippen MR) is 89.3 cm³/mol. The lowest BCUT2D eigenvalue weighted by molar-refractivity contribution is -0.384. The van der Waals surface area contributed by atoms with Crippen molar-refractivity contribution in [1.82, 2.24) is 0 Å². The summed E-state index contributed by atoms with van der Waals surface area (Å²) in [7, 11) is 0. The van der Waals surface area contributed by atoms with Crippen molar-refractivity contribution in [3.63, 3.8) is 0 Å². The Morgan fingerprint density at radius 2 is 1.96 bits per heavy atom. The molecule has 0 heterocycles. The number of hydrogen-bond acceptors (Lipinski definition) is 4. The van der Waals surface area contributed by atoms with Crippen molar-refractivity contribution in [2.24, 2.45) is 5.73 Å². The molecule has 0 saturated heterocycles. The van der Waals surface area contributed by atoms with E-state index in [9.17, 15) is 14.9 Å². The fraction of sp³-hybridized carbons (Fsp3) is 0.235. The maximum atomic E-state index is 11.3. The molecule has 120 valence electrons. The van der Waals surface area contributed by atoms with Crippen LogP contribution >= 0.6 is 0 Å². The summed E-state index contributed by atoms with van der Waals surface area (Å²) in [6, 6.07) is 14.0. The molecule has 6 nitrogen and oxygen atoms in total. The monoisotopic (exact) mass is 313 g/mol. The highest BCUT2D eigenvalue weighted by molar-refractivity contribution is 5.94. The Morgan fingerprint density at radius 1 is 1.26 bits per heavy atom. The van der Waals surface area contributed by atoms with Gasteiger partial charge in [0.05, 0.1) is 11.0 Å². The van der Waals surface area contributed by atoms with E-state index in [1.54, 1.807) is 0 Å². The molecule has 23 heavy (non-hydrogen) atoms. The third kappa shape index (κ3) is 4.06. The Labute approximate surface area is 134 Å². The summed E-state index contributed by atoms with van der Waals surface area (Å²) in [5.41, 5.74) is 6.59. The third-order valence-corrected chi connectivity index (χ3v) is 3.59. The molecule has 1 unspecified atom stereocenters. The molecule has 1 atom stereocenters. The molecule has 0 fully saturated rings. The quantitative estimate of drug-likeness (QED) is 0.602. The number of carbonyl (C=O) groups excluding carboxylic acids is 1. The summed E-state index contributed by atoms with van der Waals surface area (Å²) >= 11 is 0. The number of carbonyl (C=O) groups is 1. The molecule has 2 aromatic rings. The van der Waals surface area contributed by atoms with E-state index in [1.165, 1.54) is 18.2 Å². The highest BCUT2D eigenvalue weighted by Gasteiger charge is 2.19. The maximum absolute atomic E-state index is 11.3. The van der Waals surface area contributed by atoms with Crippen LogP contribution < -0.4 is 11.1 Å². The molecule has 2 aromatic carbocycles. The second-order valence-corrected chi connectivity index (χ2v) is 5.25. The van der Waals surface area contributed by atoms with Crippen molar-refractivity contribution < 1.29 is 9.72 Å². The first-order valence-electron chi connectivity index (χ1n) is 7.42. The van der Waals surface area contributed by atoms with E-state index < -0.39 is 10.8 Å². The molecule has 6 heteroatoms. The van der Waals surface area contributed by atoms with E-state index in [0.29, 0.717) is 5.69 Å². The van der Waals surface area contributed by atoms with Gasteiger partial charge in [-0.25, -0.2) is 0 Å². The van der Waals surface area contributed by atoms with Crippen LogP contribution in [0, 0.1) is 10.1 Å². The Hall–Kier alpha value is -2.89. The van der Waals surface area contributed by atoms with Gasteiger partial charge in [-0.1, -0.05) is 43.7 Å². The number of nitrogens with two attached hydrogens (primary N) is 1. The van der Waals surface area contributed by atoms with Gasteiger partial charge in [-0.05, 0) is 24.1 Å². The molecule has 0 spiro atoms. The average molecular weight is 313 g/mol. The number of hydrogen-bond donors (Lipinski definition) is 2. The van der Waals surface area contributed by atoms with Crippen LogP contribution in [0.15, 0.2) is 48.5 Å². The highest BCUT2D eigenvalue weighted by atomic mass is 16.6. The second kappa shape index (κ2) is 7.40. The van der Waals surface area contributed by atoms with Gasteiger partial charge in [0.1, 0.15) is 5.69 Å². The Kier molecular flexibility index (Phi) is 5.30. The minimum atomic E-state index is -0.687. The van der Waals surface area contributed by atoms with Gasteiger partial charge >= 0.3 is 0 Å². The van der Waals surface area contributed by atoms with E-state index in [1.807, 2.05) is 30.3 Å². The molecular weight excluding hydrogens is 294 g/mol. The van der Waals surface area contributed by atoms with Crippen LogP contribution in [0.4, 0.5) is 11.4 Å². The Morgan fingerprint density at radius 3 is 2.52 bits per heavy atom.